The molecule has 0 amide bonds. The molecule has 7 heteroatoms. The molecule has 2 aliphatic heterocycles. The topological polar surface area (TPSA) is 81.4 Å². The molecule has 1 atom stereocenters. The van der Waals surface area contributed by atoms with Gasteiger partial charge in [-0.25, -0.2) is 9.78 Å². The summed E-state index contributed by atoms with van der Waals surface area (Å²) < 4.78 is 7.72. The molecule has 154 valence electrons. The standard InChI is InChI=1S/C23H21BrN2O4/c1-4-23(29)15-8-17-20-13(9-26(17)21(27)14(15)10-30-22(23)28)18(11(2)3)12-6-5-7-16(24)19(12)25-20/h5-8,11,29H,4,9-10H2,1-3H3/t23-/m0/s1. The van der Waals surface area contributed by atoms with Gasteiger partial charge >= 0.3 is 5.97 Å². The third kappa shape index (κ3) is 2.42. The van der Waals surface area contributed by atoms with Gasteiger partial charge in [0.25, 0.3) is 5.56 Å². The number of fused-ring (bicyclic) bond motifs is 5. The quantitative estimate of drug-likeness (QED) is 0.450. The number of nitrogens with zero attached hydrogens (tertiary/aromatic N) is 2. The lowest BCUT2D eigenvalue weighted by Gasteiger charge is -2.31. The van der Waals surface area contributed by atoms with Gasteiger partial charge in [0.15, 0.2) is 5.60 Å². The lowest BCUT2D eigenvalue weighted by molar-refractivity contribution is -0.172. The number of benzene rings is 1. The summed E-state index contributed by atoms with van der Waals surface area (Å²) in [5.41, 5.74) is 3.01. The second-order valence-corrected chi connectivity index (χ2v) is 9.10. The summed E-state index contributed by atoms with van der Waals surface area (Å²) in [4.78, 5) is 30.6. The highest BCUT2D eigenvalue weighted by Gasteiger charge is 2.45. The Balaban J connectivity index is 1.87. The Kier molecular flexibility index (Phi) is 4.21. The summed E-state index contributed by atoms with van der Waals surface area (Å²) in [5.74, 6) is -0.479. The van der Waals surface area contributed by atoms with Gasteiger partial charge in [-0.2, -0.15) is 0 Å². The highest BCUT2D eigenvalue weighted by Crippen LogP contribution is 2.42. The van der Waals surface area contributed by atoms with Gasteiger partial charge in [0.05, 0.1) is 29.0 Å². The second kappa shape index (κ2) is 6.49. The van der Waals surface area contributed by atoms with Crippen LogP contribution in [0.15, 0.2) is 33.5 Å². The molecular formula is C23H21BrN2O4. The van der Waals surface area contributed by atoms with E-state index < -0.39 is 11.6 Å². The van der Waals surface area contributed by atoms with Gasteiger partial charge in [0.2, 0.25) is 0 Å². The van der Waals surface area contributed by atoms with Crippen molar-refractivity contribution in [2.75, 3.05) is 0 Å². The van der Waals surface area contributed by atoms with E-state index in [-0.39, 0.29) is 24.5 Å². The minimum Gasteiger partial charge on any atom is -0.458 e. The molecule has 0 spiro atoms. The van der Waals surface area contributed by atoms with Crippen LogP contribution in [0.3, 0.4) is 0 Å². The molecule has 6 nitrogen and oxygen atoms in total. The smallest absolute Gasteiger partial charge is 0.343 e. The van der Waals surface area contributed by atoms with Crippen molar-refractivity contribution in [2.24, 2.45) is 0 Å². The second-order valence-electron chi connectivity index (χ2n) is 8.25. The predicted molar refractivity (Wildman–Crippen MR) is 116 cm³/mol. The van der Waals surface area contributed by atoms with Crippen molar-refractivity contribution in [3.8, 4) is 11.4 Å². The van der Waals surface area contributed by atoms with Crippen molar-refractivity contribution in [2.45, 2.75) is 51.9 Å². The summed E-state index contributed by atoms with van der Waals surface area (Å²) in [6, 6.07) is 7.75. The molecule has 4 heterocycles. The molecule has 0 radical (unpaired) electrons. The molecule has 3 aromatic rings. The molecule has 2 aliphatic rings. The molecule has 2 aromatic heterocycles. The van der Waals surface area contributed by atoms with Crippen LogP contribution in [0.25, 0.3) is 22.3 Å². The number of rotatable bonds is 2. The molecular weight excluding hydrogens is 448 g/mol. The van der Waals surface area contributed by atoms with Gasteiger partial charge in [-0.05, 0) is 46.0 Å². The summed E-state index contributed by atoms with van der Waals surface area (Å²) in [6.45, 7) is 6.27. The van der Waals surface area contributed by atoms with E-state index in [4.69, 9.17) is 9.72 Å². The normalized spacial score (nSPS) is 19.6. The average molecular weight is 469 g/mol. The zero-order valence-corrected chi connectivity index (χ0v) is 18.5. The highest BCUT2D eigenvalue weighted by atomic mass is 79.9. The van der Waals surface area contributed by atoms with Crippen LogP contribution in [0.4, 0.5) is 0 Å². The third-order valence-corrected chi connectivity index (χ3v) is 6.93. The number of aliphatic hydroxyl groups is 1. The minimum absolute atomic E-state index is 0.121. The van der Waals surface area contributed by atoms with E-state index in [9.17, 15) is 14.7 Å². The van der Waals surface area contributed by atoms with Crippen LogP contribution in [-0.4, -0.2) is 20.6 Å². The third-order valence-electron chi connectivity index (χ3n) is 6.29. The van der Waals surface area contributed by atoms with Crippen LogP contribution in [0.5, 0.6) is 0 Å². The lowest BCUT2D eigenvalue weighted by atomic mass is 9.86. The maximum absolute atomic E-state index is 13.3. The molecule has 1 aromatic carbocycles. The largest absolute Gasteiger partial charge is 0.458 e. The SMILES string of the molecule is CC[C@@]1(O)C(=O)OCc2c1cc1n(c2=O)Cc2c-1nc1c(Br)cccc1c2C(C)C. The zero-order chi connectivity index (χ0) is 21.4. The van der Waals surface area contributed by atoms with Crippen LogP contribution < -0.4 is 5.56 Å². The Morgan fingerprint density at radius 3 is 2.77 bits per heavy atom. The molecule has 0 saturated heterocycles. The lowest BCUT2D eigenvalue weighted by Crippen LogP contribution is -2.44. The fourth-order valence-corrected chi connectivity index (χ4v) is 5.21. The van der Waals surface area contributed by atoms with Crippen molar-refractivity contribution in [1.82, 2.24) is 9.55 Å². The molecule has 30 heavy (non-hydrogen) atoms. The van der Waals surface area contributed by atoms with Crippen LogP contribution in [0.1, 0.15) is 55.4 Å². The number of hydrogen-bond donors (Lipinski definition) is 1. The zero-order valence-electron chi connectivity index (χ0n) is 17.0. The number of para-hydroxylation sites is 1. The number of halogens is 1. The Bertz CT molecular complexity index is 1310. The van der Waals surface area contributed by atoms with Gasteiger partial charge in [0.1, 0.15) is 6.61 Å². The number of pyridine rings is 2. The van der Waals surface area contributed by atoms with Crippen molar-refractivity contribution in [3.05, 3.63) is 61.3 Å². The van der Waals surface area contributed by atoms with Crippen molar-refractivity contribution < 1.29 is 14.6 Å². The summed E-state index contributed by atoms with van der Waals surface area (Å²) in [7, 11) is 0. The van der Waals surface area contributed by atoms with E-state index in [1.807, 2.05) is 12.1 Å². The van der Waals surface area contributed by atoms with Gasteiger partial charge in [0, 0.05) is 21.0 Å². The summed E-state index contributed by atoms with van der Waals surface area (Å²) >= 11 is 3.61. The van der Waals surface area contributed by atoms with E-state index >= 15 is 0 Å². The first-order chi connectivity index (χ1) is 14.3. The van der Waals surface area contributed by atoms with Gasteiger partial charge < -0.3 is 14.4 Å². The number of aromatic nitrogens is 2. The monoisotopic (exact) mass is 468 g/mol. The maximum Gasteiger partial charge on any atom is 0.343 e. The van der Waals surface area contributed by atoms with Crippen molar-refractivity contribution >= 4 is 32.8 Å². The van der Waals surface area contributed by atoms with Crippen molar-refractivity contribution in [3.63, 3.8) is 0 Å². The first kappa shape index (κ1) is 19.5. The van der Waals surface area contributed by atoms with E-state index in [1.54, 1.807) is 17.6 Å². The summed E-state index contributed by atoms with van der Waals surface area (Å²) in [5, 5.41) is 12.1. The number of cyclic esters (lactones) is 1. The molecule has 0 fully saturated rings. The average Bonchev–Trinajstić information content (AvgIpc) is 3.08. The fraction of sp³-hybridized carbons (Fsp3) is 0.348. The highest BCUT2D eigenvalue weighted by molar-refractivity contribution is 9.10. The van der Waals surface area contributed by atoms with Crippen LogP contribution in [0.2, 0.25) is 0 Å². The predicted octanol–water partition coefficient (Wildman–Crippen LogP) is 3.97. The molecule has 0 bridgehead atoms. The molecule has 0 saturated carbocycles. The van der Waals surface area contributed by atoms with E-state index in [1.165, 1.54) is 0 Å². The van der Waals surface area contributed by atoms with Crippen LogP contribution in [-0.2, 0) is 28.3 Å². The Morgan fingerprint density at radius 2 is 2.07 bits per heavy atom. The Hall–Kier alpha value is -2.51. The summed E-state index contributed by atoms with van der Waals surface area (Å²) in [6.07, 6.45) is 0.128. The van der Waals surface area contributed by atoms with Gasteiger partial charge in [-0.3, -0.25) is 4.79 Å². The van der Waals surface area contributed by atoms with Crippen LogP contribution >= 0.6 is 15.9 Å². The first-order valence-corrected chi connectivity index (χ1v) is 10.8. The first-order valence-electron chi connectivity index (χ1n) is 10.1. The fourth-order valence-electron chi connectivity index (χ4n) is 4.76. The Labute approximate surface area is 181 Å². The van der Waals surface area contributed by atoms with Crippen molar-refractivity contribution in [1.29, 1.82) is 0 Å². The maximum atomic E-state index is 13.3. The molecule has 0 unspecified atom stereocenters. The van der Waals surface area contributed by atoms with E-state index in [2.05, 4.69) is 35.8 Å². The van der Waals surface area contributed by atoms with Gasteiger partial charge in [-0.15, -0.1) is 0 Å². The minimum atomic E-state index is -1.82. The number of ether oxygens (including phenoxy) is 1. The number of hydrogen-bond acceptors (Lipinski definition) is 5. The van der Waals surface area contributed by atoms with E-state index in [0.29, 0.717) is 23.4 Å². The molecule has 5 rings (SSSR count). The van der Waals surface area contributed by atoms with Gasteiger partial charge in [-0.1, -0.05) is 32.9 Å². The van der Waals surface area contributed by atoms with E-state index in [0.717, 1.165) is 32.2 Å². The number of esters is 1. The van der Waals surface area contributed by atoms with Crippen LogP contribution in [0, 0.1) is 0 Å². The number of carbonyl (C=O) groups is 1. The molecule has 0 aliphatic carbocycles. The number of carbonyl (C=O) groups excluding carboxylic acids is 1. The Morgan fingerprint density at radius 1 is 1.30 bits per heavy atom. The molecule has 1 N–H and O–H groups in total.